The zero-order chi connectivity index (χ0) is 9.40. The first kappa shape index (κ1) is 12.1. The monoisotopic (exact) mass is 191 g/mol. The molecular weight excluding hydrogens is 170 g/mol. The number of hydrogen-bond acceptors (Lipinski definition) is 2. The van der Waals surface area contributed by atoms with Crippen LogP contribution in [-0.2, 0) is 10.8 Å². The van der Waals surface area contributed by atoms with Crippen LogP contribution in [0.15, 0.2) is 0 Å². The standard InChI is InChI=1S/C9H21NOS/c1-4-6-7-10(3)8-9-12(11)5-2/h4-9H2,1-3H3. The summed E-state index contributed by atoms with van der Waals surface area (Å²) in [7, 11) is 1.50. The van der Waals surface area contributed by atoms with E-state index in [1.54, 1.807) is 0 Å². The van der Waals surface area contributed by atoms with Gasteiger partial charge in [-0.25, -0.2) is 0 Å². The summed E-state index contributed by atoms with van der Waals surface area (Å²) in [5, 5.41) is 0. The fourth-order valence-corrected chi connectivity index (χ4v) is 1.75. The van der Waals surface area contributed by atoms with Crippen LogP contribution in [0.1, 0.15) is 26.7 Å². The van der Waals surface area contributed by atoms with Crippen molar-refractivity contribution in [2.45, 2.75) is 26.7 Å². The van der Waals surface area contributed by atoms with Gasteiger partial charge in [0.2, 0.25) is 0 Å². The van der Waals surface area contributed by atoms with Crippen molar-refractivity contribution in [3.8, 4) is 0 Å². The molecule has 0 saturated heterocycles. The van der Waals surface area contributed by atoms with Gasteiger partial charge in [-0.1, -0.05) is 20.3 Å². The Balaban J connectivity index is 3.30. The molecule has 0 N–H and O–H groups in total. The molecule has 0 aliphatic carbocycles. The van der Waals surface area contributed by atoms with Gasteiger partial charge in [0.25, 0.3) is 0 Å². The van der Waals surface area contributed by atoms with Gasteiger partial charge in [-0.2, -0.15) is 0 Å². The van der Waals surface area contributed by atoms with E-state index in [2.05, 4.69) is 18.9 Å². The molecule has 0 aliphatic heterocycles. The maximum atomic E-state index is 11.1. The van der Waals surface area contributed by atoms with Gasteiger partial charge in [0, 0.05) is 28.9 Å². The van der Waals surface area contributed by atoms with Crippen LogP contribution in [0.2, 0.25) is 0 Å². The van der Waals surface area contributed by atoms with Gasteiger partial charge in [-0.05, 0) is 20.0 Å². The van der Waals surface area contributed by atoms with E-state index in [0.29, 0.717) is 0 Å². The largest absolute Gasteiger partial charge is 0.305 e. The van der Waals surface area contributed by atoms with Crippen LogP contribution in [0.3, 0.4) is 0 Å². The maximum Gasteiger partial charge on any atom is 0.0362 e. The second-order valence-corrected chi connectivity index (χ2v) is 4.95. The van der Waals surface area contributed by atoms with Crippen molar-refractivity contribution in [3.63, 3.8) is 0 Å². The summed E-state index contributed by atoms with van der Waals surface area (Å²) < 4.78 is 11.1. The molecule has 0 aliphatic rings. The summed E-state index contributed by atoms with van der Waals surface area (Å²) >= 11 is 0. The molecule has 0 amide bonds. The molecule has 2 nitrogen and oxygen atoms in total. The Labute approximate surface area is 78.8 Å². The topological polar surface area (TPSA) is 20.3 Å². The minimum Gasteiger partial charge on any atom is -0.305 e. The lowest BCUT2D eigenvalue weighted by atomic mass is 10.3. The summed E-state index contributed by atoms with van der Waals surface area (Å²) in [6, 6.07) is 0. The molecule has 1 unspecified atom stereocenters. The number of hydrogen-bond donors (Lipinski definition) is 0. The first-order chi connectivity index (χ1) is 5.70. The third-order valence-corrected chi connectivity index (χ3v) is 3.20. The highest BCUT2D eigenvalue weighted by atomic mass is 32.2. The van der Waals surface area contributed by atoms with Gasteiger partial charge in [0.1, 0.15) is 0 Å². The minimum absolute atomic E-state index is 0.595. The van der Waals surface area contributed by atoms with Gasteiger partial charge in [0.15, 0.2) is 0 Å². The van der Waals surface area contributed by atoms with Crippen LogP contribution in [0.25, 0.3) is 0 Å². The van der Waals surface area contributed by atoms with E-state index in [1.807, 2.05) is 6.92 Å². The summed E-state index contributed by atoms with van der Waals surface area (Å²) in [6.07, 6.45) is 2.48. The van der Waals surface area contributed by atoms with Gasteiger partial charge in [-0.15, -0.1) is 0 Å². The van der Waals surface area contributed by atoms with Crippen molar-refractivity contribution >= 4 is 10.8 Å². The van der Waals surface area contributed by atoms with E-state index in [0.717, 1.165) is 24.6 Å². The van der Waals surface area contributed by atoms with Crippen molar-refractivity contribution in [2.75, 3.05) is 31.6 Å². The molecule has 12 heavy (non-hydrogen) atoms. The van der Waals surface area contributed by atoms with Crippen LogP contribution < -0.4 is 0 Å². The number of nitrogens with zero attached hydrogens (tertiary/aromatic N) is 1. The Kier molecular flexibility index (Phi) is 7.81. The fraction of sp³-hybridized carbons (Fsp3) is 1.00. The molecule has 0 aromatic carbocycles. The van der Waals surface area contributed by atoms with Crippen LogP contribution >= 0.6 is 0 Å². The Morgan fingerprint density at radius 1 is 1.25 bits per heavy atom. The molecule has 0 rings (SSSR count). The molecule has 3 heteroatoms. The lowest BCUT2D eigenvalue weighted by Gasteiger charge is -2.14. The zero-order valence-electron chi connectivity index (χ0n) is 8.51. The van der Waals surface area contributed by atoms with Crippen molar-refractivity contribution < 1.29 is 4.21 Å². The average Bonchev–Trinajstić information content (AvgIpc) is 2.10. The van der Waals surface area contributed by atoms with Crippen molar-refractivity contribution in [2.24, 2.45) is 0 Å². The highest BCUT2D eigenvalue weighted by Gasteiger charge is 2.00. The van der Waals surface area contributed by atoms with E-state index < -0.39 is 10.8 Å². The lowest BCUT2D eigenvalue weighted by molar-refractivity contribution is 0.347. The molecule has 0 fully saturated rings. The first-order valence-corrected chi connectivity index (χ1v) is 6.23. The maximum absolute atomic E-state index is 11.1. The predicted molar refractivity (Wildman–Crippen MR) is 56.0 cm³/mol. The van der Waals surface area contributed by atoms with Gasteiger partial charge < -0.3 is 4.90 Å². The SMILES string of the molecule is CCCCN(C)CCS(=O)CC. The van der Waals surface area contributed by atoms with E-state index in [4.69, 9.17) is 0 Å². The molecule has 74 valence electrons. The Bertz CT molecular complexity index is 128. The number of unbranched alkanes of at least 4 members (excludes halogenated alkanes) is 1. The summed E-state index contributed by atoms with van der Waals surface area (Å²) in [5.74, 6) is 1.62. The molecule has 1 atom stereocenters. The van der Waals surface area contributed by atoms with Crippen LogP contribution in [-0.4, -0.2) is 40.8 Å². The van der Waals surface area contributed by atoms with Crippen molar-refractivity contribution in [1.82, 2.24) is 4.90 Å². The highest BCUT2D eigenvalue weighted by molar-refractivity contribution is 7.84. The number of rotatable bonds is 7. The highest BCUT2D eigenvalue weighted by Crippen LogP contribution is 1.92. The Hall–Kier alpha value is 0.110. The average molecular weight is 191 g/mol. The molecule has 0 bridgehead atoms. The van der Waals surface area contributed by atoms with Gasteiger partial charge in [0.05, 0.1) is 0 Å². The Morgan fingerprint density at radius 2 is 1.92 bits per heavy atom. The van der Waals surface area contributed by atoms with Crippen molar-refractivity contribution in [3.05, 3.63) is 0 Å². The van der Waals surface area contributed by atoms with Crippen LogP contribution in [0, 0.1) is 0 Å². The molecule has 0 radical (unpaired) electrons. The van der Waals surface area contributed by atoms with Gasteiger partial charge in [-0.3, -0.25) is 4.21 Å². The molecule has 0 saturated carbocycles. The zero-order valence-corrected chi connectivity index (χ0v) is 9.32. The molecular formula is C9H21NOS. The minimum atomic E-state index is -0.595. The van der Waals surface area contributed by atoms with E-state index in [9.17, 15) is 4.21 Å². The third-order valence-electron chi connectivity index (χ3n) is 1.92. The van der Waals surface area contributed by atoms with E-state index >= 15 is 0 Å². The summed E-state index contributed by atoms with van der Waals surface area (Å²) in [5.41, 5.74) is 0. The molecule has 0 spiro atoms. The summed E-state index contributed by atoms with van der Waals surface area (Å²) in [4.78, 5) is 2.26. The van der Waals surface area contributed by atoms with Crippen LogP contribution in [0.4, 0.5) is 0 Å². The lowest BCUT2D eigenvalue weighted by Crippen LogP contribution is -2.25. The second-order valence-electron chi connectivity index (χ2n) is 3.09. The molecule has 0 aromatic rings. The van der Waals surface area contributed by atoms with E-state index in [-0.39, 0.29) is 0 Å². The fourth-order valence-electron chi connectivity index (χ4n) is 0.942. The smallest absolute Gasteiger partial charge is 0.0362 e. The molecule has 0 heterocycles. The normalized spacial score (nSPS) is 13.7. The van der Waals surface area contributed by atoms with Crippen LogP contribution in [0.5, 0.6) is 0 Å². The quantitative estimate of drug-likeness (QED) is 0.607. The Morgan fingerprint density at radius 3 is 2.42 bits per heavy atom. The van der Waals surface area contributed by atoms with Crippen molar-refractivity contribution in [1.29, 1.82) is 0 Å². The van der Waals surface area contributed by atoms with Gasteiger partial charge >= 0.3 is 0 Å². The molecule has 0 aromatic heterocycles. The summed E-state index contributed by atoms with van der Waals surface area (Å²) in [6.45, 7) is 6.28. The first-order valence-electron chi connectivity index (χ1n) is 4.74. The van der Waals surface area contributed by atoms with E-state index in [1.165, 1.54) is 12.8 Å². The second kappa shape index (κ2) is 7.74. The third kappa shape index (κ3) is 6.80. The predicted octanol–water partition coefficient (Wildman–Crippen LogP) is 1.49.